The van der Waals surface area contributed by atoms with Crippen LogP contribution in [0.3, 0.4) is 0 Å². The molecule has 1 fully saturated rings. The van der Waals surface area contributed by atoms with Crippen molar-refractivity contribution in [1.29, 1.82) is 0 Å². The summed E-state index contributed by atoms with van der Waals surface area (Å²) in [4.78, 5) is 0. The molecule has 0 spiro atoms. The smallest absolute Gasteiger partial charge is 0.154 e. The minimum Gasteiger partial charge on any atom is -0.391 e. The molecule has 1 saturated heterocycles. The summed E-state index contributed by atoms with van der Waals surface area (Å²) in [5.41, 5.74) is 0. The van der Waals surface area contributed by atoms with E-state index in [0.29, 0.717) is 0 Å². The van der Waals surface area contributed by atoms with Gasteiger partial charge in [0.1, 0.15) is 12.2 Å². The Hall–Kier alpha value is -0.190. The third-order valence-electron chi connectivity index (χ3n) is 1.96. The number of alkyl halides is 1. The first-order valence-electron chi connectivity index (χ1n) is 3.69. The number of hydrogen-bond acceptors (Lipinski definition) is 3. The number of rotatable bonds is 1. The van der Waals surface area contributed by atoms with Gasteiger partial charge in [0, 0.05) is 0 Å². The van der Waals surface area contributed by atoms with E-state index in [9.17, 15) is 4.39 Å². The maximum absolute atomic E-state index is 12.8. The molecule has 0 aromatic heterocycles. The predicted octanol–water partition coefficient (Wildman–Crippen LogP) is -0.147. The van der Waals surface area contributed by atoms with E-state index in [4.69, 9.17) is 14.9 Å². The molecule has 0 saturated carbocycles. The Labute approximate surface area is 64.8 Å². The SMILES string of the molecule is CC1O[C@H]([C@H](C)O)C(O)C1F. The highest BCUT2D eigenvalue weighted by atomic mass is 19.1. The Morgan fingerprint density at radius 2 is 2.09 bits per heavy atom. The Kier molecular flexibility index (Phi) is 2.47. The van der Waals surface area contributed by atoms with Crippen LogP contribution >= 0.6 is 0 Å². The van der Waals surface area contributed by atoms with Crippen molar-refractivity contribution in [2.45, 2.75) is 44.4 Å². The van der Waals surface area contributed by atoms with Gasteiger partial charge in [-0.3, -0.25) is 0 Å². The molecule has 0 aromatic carbocycles. The van der Waals surface area contributed by atoms with Crippen LogP contribution in [0, 0.1) is 0 Å². The van der Waals surface area contributed by atoms with Crippen molar-refractivity contribution in [3.05, 3.63) is 0 Å². The van der Waals surface area contributed by atoms with E-state index in [1.807, 2.05) is 0 Å². The van der Waals surface area contributed by atoms with E-state index in [-0.39, 0.29) is 0 Å². The predicted molar refractivity (Wildman–Crippen MR) is 36.9 cm³/mol. The number of ether oxygens (including phenoxy) is 1. The van der Waals surface area contributed by atoms with Crippen molar-refractivity contribution >= 4 is 0 Å². The molecule has 4 heteroatoms. The first kappa shape index (κ1) is 8.90. The molecule has 0 bridgehead atoms. The van der Waals surface area contributed by atoms with Crippen molar-refractivity contribution in [1.82, 2.24) is 0 Å². The minimum atomic E-state index is -1.38. The fourth-order valence-corrected chi connectivity index (χ4v) is 1.26. The zero-order chi connectivity index (χ0) is 8.59. The van der Waals surface area contributed by atoms with Crippen LogP contribution in [0.4, 0.5) is 4.39 Å². The highest BCUT2D eigenvalue weighted by Gasteiger charge is 2.43. The maximum Gasteiger partial charge on any atom is 0.154 e. The van der Waals surface area contributed by atoms with E-state index in [1.165, 1.54) is 13.8 Å². The van der Waals surface area contributed by atoms with E-state index in [1.54, 1.807) is 0 Å². The molecule has 0 aliphatic carbocycles. The number of hydrogen-bond donors (Lipinski definition) is 2. The summed E-state index contributed by atoms with van der Waals surface area (Å²) in [5.74, 6) is 0. The molecule has 3 unspecified atom stereocenters. The largest absolute Gasteiger partial charge is 0.391 e. The monoisotopic (exact) mass is 164 g/mol. The second-order valence-electron chi connectivity index (χ2n) is 2.98. The van der Waals surface area contributed by atoms with Crippen LogP contribution in [0.15, 0.2) is 0 Å². The van der Waals surface area contributed by atoms with E-state index in [0.717, 1.165) is 0 Å². The Bertz CT molecular complexity index is 140. The molecular weight excluding hydrogens is 151 g/mol. The topological polar surface area (TPSA) is 49.7 Å². The standard InChI is InChI=1S/C7H13FO3/c1-3(9)7-6(10)5(8)4(2)11-7/h3-7,9-10H,1-2H3/t3-,4?,5?,6?,7+/m0/s1. The summed E-state index contributed by atoms with van der Waals surface area (Å²) in [6, 6.07) is 0. The lowest BCUT2D eigenvalue weighted by atomic mass is 10.1. The van der Waals surface area contributed by atoms with Crippen LogP contribution < -0.4 is 0 Å². The lowest BCUT2D eigenvalue weighted by molar-refractivity contribution is -0.0544. The van der Waals surface area contributed by atoms with Gasteiger partial charge in [0.05, 0.1) is 12.2 Å². The summed E-state index contributed by atoms with van der Waals surface area (Å²) in [7, 11) is 0. The third kappa shape index (κ3) is 1.52. The summed E-state index contributed by atoms with van der Waals surface area (Å²) in [6.07, 6.45) is -4.79. The van der Waals surface area contributed by atoms with Crippen LogP contribution in [-0.2, 0) is 4.74 Å². The van der Waals surface area contributed by atoms with Gasteiger partial charge in [-0.25, -0.2) is 4.39 Å². The van der Waals surface area contributed by atoms with Crippen molar-refractivity contribution in [2.75, 3.05) is 0 Å². The van der Waals surface area contributed by atoms with Gasteiger partial charge >= 0.3 is 0 Å². The van der Waals surface area contributed by atoms with Crippen molar-refractivity contribution in [3.8, 4) is 0 Å². The average Bonchev–Trinajstić information content (AvgIpc) is 2.17. The second-order valence-corrected chi connectivity index (χ2v) is 2.98. The van der Waals surface area contributed by atoms with Gasteiger partial charge in [0.15, 0.2) is 6.17 Å². The van der Waals surface area contributed by atoms with Crippen molar-refractivity contribution in [3.63, 3.8) is 0 Å². The molecule has 1 heterocycles. The highest BCUT2D eigenvalue weighted by Crippen LogP contribution is 2.25. The van der Waals surface area contributed by atoms with E-state index < -0.39 is 30.6 Å². The van der Waals surface area contributed by atoms with Gasteiger partial charge in [-0.2, -0.15) is 0 Å². The molecule has 1 rings (SSSR count). The quantitative estimate of drug-likeness (QED) is 0.566. The Balaban J connectivity index is 2.59. The number of aliphatic hydroxyl groups excluding tert-OH is 2. The molecule has 0 aromatic rings. The van der Waals surface area contributed by atoms with Gasteiger partial charge in [-0.15, -0.1) is 0 Å². The first-order chi connectivity index (χ1) is 5.04. The van der Waals surface area contributed by atoms with Gasteiger partial charge in [0.25, 0.3) is 0 Å². The summed E-state index contributed by atoms with van der Waals surface area (Å²) < 4.78 is 17.8. The van der Waals surface area contributed by atoms with Crippen LogP contribution in [0.25, 0.3) is 0 Å². The molecule has 2 N–H and O–H groups in total. The average molecular weight is 164 g/mol. The molecule has 1 aliphatic rings. The van der Waals surface area contributed by atoms with Gasteiger partial charge in [-0.05, 0) is 13.8 Å². The second kappa shape index (κ2) is 3.05. The lowest BCUT2D eigenvalue weighted by Crippen LogP contribution is -2.35. The first-order valence-corrected chi connectivity index (χ1v) is 3.69. The number of halogens is 1. The zero-order valence-electron chi connectivity index (χ0n) is 6.57. The van der Waals surface area contributed by atoms with Crippen molar-refractivity contribution < 1.29 is 19.3 Å². The molecule has 0 amide bonds. The molecule has 5 atom stereocenters. The van der Waals surface area contributed by atoms with Gasteiger partial charge < -0.3 is 14.9 Å². The van der Waals surface area contributed by atoms with Crippen LogP contribution in [0.2, 0.25) is 0 Å². The normalized spacial score (nSPS) is 47.7. The molecule has 0 radical (unpaired) electrons. The van der Waals surface area contributed by atoms with Crippen LogP contribution in [0.5, 0.6) is 0 Å². The summed E-state index contributed by atoms with van der Waals surface area (Å²) >= 11 is 0. The molecule has 66 valence electrons. The van der Waals surface area contributed by atoms with E-state index in [2.05, 4.69) is 0 Å². The molecule has 3 nitrogen and oxygen atoms in total. The Morgan fingerprint density at radius 1 is 1.55 bits per heavy atom. The molecular formula is C7H13FO3. The van der Waals surface area contributed by atoms with E-state index >= 15 is 0 Å². The van der Waals surface area contributed by atoms with Gasteiger partial charge in [-0.1, -0.05) is 0 Å². The van der Waals surface area contributed by atoms with Gasteiger partial charge in [0.2, 0.25) is 0 Å². The highest BCUT2D eigenvalue weighted by molar-refractivity contribution is 4.91. The van der Waals surface area contributed by atoms with Crippen LogP contribution in [0.1, 0.15) is 13.8 Å². The minimum absolute atomic E-state index is 0.621. The fourth-order valence-electron chi connectivity index (χ4n) is 1.26. The Morgan fingerprint density at radius 3 is 2.27 bits per heavy atom. The molecule has 1 aliphatic heterocycles. The lowest BCUT2D eigenvalue weighted by Gasteiger charge is -2.16. The third-order valence-corrected chi connectivity index (χ3v) is 1.96. The fraction of sp³-hybridized carbons (Fsp3) is 1.00. The van der Waals surface area contributed by atoms with Crippen molar-refractivity contribution in [2.24, 2.45) is 0 Å². The molecule has 11 heavy (non-hydrogen) atoms. The number of aliphatic hydroxyl groups is 2. The van der Waals surface area contributed by atoms with Crippen LogP contribution in [-0.4, -0.2) is 40.8 Å². The summed E-state index contributed by atoms with van der Waals surface area (Å²) in [6.45, 7) is 3.01. The summed E-state index contributed by atoms with van der Waals surface area (Å²) in [5, 5.41) is 18.1. The zero-order valence-corrected chi connectivity index (χ0v) is 6.57. The maximum atomic E-state index is 12.8.